The molecule has 0 aliphatic heterocycles. The summed E-state index contributed by atoms with van der Waals surface area (Å²) in [6.07, 6.45) is 0. The van der Waals surface area contributed by atoms with Gasteiger partial charge in [0.2, 0.25) is 5.91 Å². The summed E-state index contributed by atoms with van der Waals surface area (Å²) in [6, 6.07) is 6.85. The maximum atomic E-state index is 12.7. The van der Waals surface area contributed by atoms with Crippen LogP contribution in [0, 0.1) is 0 Å². The van der Waals surface area contributed by atoms with Crippen LogP contribution in [0.4, 0.5) is 0 Å². The zero-order valence-electron chi connectivity index (χ0n) is 14.4. The molecule has 7 nitrogen and oxygen atoms in total. The number of likely N-dealkylation sites (N-methyl/N-ethyl adjacent to an activating group) is 2. The highest BCUT2D eigenvalue weighted by Crippen LogP contribution is 2.14. The van der Waals surface area contributed by atoms with E-state index in [0.717, 1.165) is 4.68 Å². The Labute approximate surface area is 140 Å². The second-order valence-corrected chi connectivity index (χ2v) is 5.55. The fraction of sp³-hybridized carbons (Fsp3) is 0.412. The van der Waals surface area contributed by atoms with Gasteiger partial charge in [-0.2, -0.15) is 5.10 Å². The summed E-state index contributed by atoms with van der Waals surface area (Å²) in [4.78, 5) is 40.1. The monoisotopic (exact) mass is 330 g/mol. The maximum absolute atomic E-state index is 12.7. The van der Waals surface area contributed by atoms with Crippen molar-refractivity contribution in [1.29, 1.82) is 0 Å². The van der Waals surface area contributed by atoms with Crippen LogP contribution in [0.3, 0.4) is 0 Å². The number of fused-ring (bicyclic) bond motifs is 1. The predicted molar refractivity (Wildman–Crippen MR) is 91.9 cm³/mol. The third-order valence-corrected chi connectivity index (χ3v) is 3.99. The second-order valence-electron chi connectivity index (χ2n) is 5.55. The Hall–Kier alpha value is -2.70. The highest BCUT2D eigenvalue weighted by molar-refractivity contribution is 6.05. The smallest absolute Gasteiger partial charge is 0.275 e. The number of hydrogen-bond donors (Lipinski definition) is 0. The number of rotatable bonds is 5. The topological polar surface area (TPSA) is 75.5 Å². The first-order valence-corrected chi connectivity index (χ1v) is 7.90. The summed E-state index contributed by atoms with van der Waals surface area (Å²) in [6.45, 7) is 4.95. The number of hydrogen-bond acceptors (Lipinski definition) is 4. The van der Waals surface area contributed by atoms with Gasteiger partial charge in [-0.25, -0.2) is 4.68 Å². The van der Waals surface area contributed by atoms with Crippen LogP contribution in [0.15, 0.2) is 29.1 Å². The molecule has 0 spiro atoms. The fourth-order valence-corrected chi connectivity index (χ4v) is 2.59. The first kappa shape index (κ1) is 17.7. The molecule has 1 aromatic carbocycles. The molecule has 1 heterocycles. The van der Waals surface area contributed by atoms with Gasteiger partial charge in [0, 0.05) is 32.6 Å². The molecule has 0 saturated heterocycles. The van der Waals surface area contributed by atoms with E-state index < -0.39 is 0 Å². The van der Waals surface area contributed by atoms with Gasteiger partial charge in [0.15, 0.2) is 5.69 Å². The lowest BCUT2D eigenvalue weighted by Gasteiger charge is -2.23. The first-order chi connectivity index (χ1) is 11.4. The molecule has 0 fully saturated rings. The Morgan fingerprint density at radius 1 is 1.12 bits per heavy atom. The Kier molecular flexibility index (Phi) is 5.33. The molecule has 0 N–H and O–H groups in total. The van der Waals surface area contributed by atoms with E-state index in [1.807, 2.05) is 13.8 Å². The van der Waals surface area contributed by atoms with E-state index in [0.29, 0.717) is 23.9 Å². The minimum absolute atomic E-state index is 0.0284. The largest absolute Gasteiger partial charge is 0.342 e. The highest BCUT2D eigenvalue weighted by atomic mass is 16.2. The summed E-state index contributed by atoms with van der Waals surface area (Å²) in [5.74, 6) is -0.507. The third kappa shape index (κ3) is 3.29. The molecule has 1 aromatic heterocycles. The number of benzene rings is 1. The molecule has 0 atom stereocenters. The molecule has 2 amide bonds. The van der Waals surface area contributed by atoms with Gasteiger partial charge in [-0.1, -0.05) is 18.2 Å². The summed E-state index contributed by atoms with van der Waals surface area (Å²) in [5.41, 5.74) is -0.0911. The summed E-state index contributed by atoms with van der Waals surface area (Å²) >= 11 is 0. The zero-order chi connectivity index (χ0) is 17.9. The quantitative estimate of drug-likeness (QED) is 0.815. The Bertz CT molecular complexity index is 824. The van der Waals surface area contributed by atoms with Gasteiger partial charge in [0.25, 0.3) is 11.5 Å². The van der Waals surface area contributed by atoms with E-state index >= 15 is 0 Å². The molecule has 7 heteroatoms. The lowest BCUT2D eigenvalue weighted by atomic mass is 10.1. The number of amides is 2. The van der Waals surface area contributed by atoms with Crippen LogP contribution in [0.2, 0.25) is 0 Å². The molecule has 2 aromatic rings. The van der Waals surface area contributed by atoms with E-state index in [-0.39, 0.29) is 29.6 Å². The number of aromatic nitrogens is 2. The van der Waals surface area contributed by atoms with Gasteiger partial charge in [-0.15, -0.1) is 0 Å². The van der Waals surface area contributed by atoms with Gasteiger partial charge >= 0.3 is 0 Å². The van der Waals surface area contributed by atoms with E-state index in [9.17, 15) is 14.4 Å². The van der Waals surface area contributed by atoms with Crippen LogP contribution in [-0.4, -0.2) is 58.1 Å². The van der Waals surface area contributed by atoms with Crippen molar-refractivity contribution in [3.63, 3.8) is 0 Å². The summed E-state index contributed by atoms with van der Waals surface area (Å²) in [7, 11) is 3.07. The molecule has 0 unspecified atom stereocenters. The number of carbonyl (C=O) groups excluding carboxylic acids is 2. The van der Waals surface area contributed by atoms with E-state index in [1.54, 1.807) is 36.2 Å². The van der Waals surface area contributed by atoms with E-state index in [2.05, 4.69) is 5.10 Å². The van der Waals surface area contributed by atoms with Crippen molar-refractivity contribution >= 4 is 22.6 Å². The van der Waals surface area contributed by atoms with Gasteiger partial charge < -0.3 is 9.80 Å². The van der Waals surface area contributed by atoms with E-state index in [1.165, 1.54) is 11.9 Å². The summed E-state index contributed by atoms with van der Waals surface area (Å²) < 4.78 is 1.15. The first-order valence-electron chi connectivity index (χ1n) is 7.90. The van der Waals surface area contributed by atoms with Crippen LogP contribution in [0.25, 0.3) is 10.8 Å². The lowest BCUT2D eigenvalue weighted by Crippen LogP contribution is -2.41. The minimum Gasteiger partial charge on any atom is -0.342 e. The second kappa shape index (κ2) is 7.25. The van der Waals surface area contributed by atoms with Gasteiger partial charge in [-0.05, 0) is 19.9 Å². The van der Waals surface area contributed by atoms with Crippen molar-refractivity contribution in [2.24, 2.45) is 7.05 Å². The molecular formula is C17H22N4O3. The molecule has 0 saturated carbocycles. The SMILES string of the molecule is CCN(CC)C(=O)CN(C)C(=O)c1nn(C)c(=O)c2ccccc12. The van der Waals surface area contributed by atoms with Crippen molar-refractivity contribution in [3.8, 4) is 0 Å². The summed E-state index contributed by atoms with van der Waals surface area (Å²) in [5, 5.41) is 5.03. The molecule has 24 heavy (non-hydrogen) atoms. The Morgan fingerprint density at radius 3 is 2.29 bits per heavy atom. The molecule has 0 aliphatic carbocycles. The average Bonchev–Trinajstić information content (AvgIpc) is 2.58. The van der Waals surface area contributed by atoms with Crippen LogP contribution in [-0.2, 0) is 11.8 Å². The van der Waals surface area contributed by atoms with Crippen LogP contribution < -0.4 is 5.56 Å². The lowest BCUT2D eigenvalue weighted by molar-refractivity contribution is -0.131. The van der Waals surface area contributed by atoms with Crippen molar-refractivity contribution in [1.82, 2.24) is 19.6 Å². The van der Waals surface area contributed by atoms with Gasteiger partial charge in [0.1, 0.15) is 0 Å². The van der Waals surface area contributed by atoms with E-state index in [4.69, 9.17) is 0 Å². The third-order valence-electron chi connectivity index (χ3n) is 3.99. The molecule has 0 aliphatic rings. The Morgan fingerprint density at radius 2 is 1.71 bits per heavy atom. The Balaban J connectivity index is 2.36. The van der Waals surface area contributed by atoms with Crippen LogP contribution >= 0.6 is 0 Å². The van der Waals surface area contributed by atoms with Gasteiger partial charge in [-0.3, -0.25) is 14.4 Å². The normalized spacial score (nSPS) is 10.7. The number of nitrogens with zero attached hydrogens (tertiary/aromatic N) is 4. The molecule has 2 rings (SSSR count). The zero-order valence-corrected chi connectivity index (χ0v) is 14.4. The molecule has 0 radical (unpaired) electrons. The molecule has 0 bridgehead atoms. The van der Waals surface area contributed by atoms with Crippen LogP contribution in [0.1, 0.15) is 24.3 Å². The van der Waals surface area contributed by atoms with Crippen molar-refractivity contribution in [3.05, 3.63) is 40.3 Å². The van der Waals surface area contributed by atoms with Crippen molar-refractivity contribution < 1.29 is 9.59 Å². The maximum Gasteiger partial charge on any atom is 0.275 e. The van der Waals surface area contributed by atoms with Gasteiger partial charge in [0.05, 0.1) is 11.9 Å². The predicted octanol–water partition coefficient (Wildman–Crippen LogP) is 0.874. The highest BCUT2D eigenvalue weighted by Gasteiger charge is 2.22. The molecular weight excluding hydrogens is 308 g/mol. The number of aryl methyl sites for hydroxylation is 1. The number of carbonyl (C=O) groups is 2. The molecule has 128 valence electrons. The standard InChI is InChI=1S/C17H22N4O3/c1-5-21(6-2)14(22)11-19(3)17(24)15-12-9-7-8-10-13(12)16(23)20(4)18-15/h7-10H,5-6,11H2,1-4H3. The van der Waals surface area contributed by atoms with Crippen molar-refractivity contribution in [2.75, 3.05) is 26.7 Å². The van der Waals surface area contributed by atoms with Crippen molar-refractivity contribution in [2.45, 2.75) is 13.8 Å². The average molecular weight is 330 g/mol. The minimum atomic E-state index is -0.387. The fourth-order valence-electron chi connectivity index (χ4n) is 2.59. The van der Waals surface area contributed by atoms with Crippen LogP contribution in [0.5, 0.6) is 0 Å².